The fourth-order valence-corrected chi connectivity index (χ4v) is 1.28. The third-order valence-electron chi connectivity index (χ3n) is 1.89. The fraction of sp³-hybridized carbons (Fsp3) is 0.375. The maximum Gasteiger partial charge on any atom is 0.230 e. The van der Waals surface area contributed by atoms with Crippen LogP contribution in [0.4, 0.5) is 5.82 Å². The first kappa shape index (κ1) is 8.12. The number of carbonyl (C=O) groups excluding carboxylic acids is 1. The van der Waals surface area contributed by atoms with E-state index >= 15 is 0 Å². The van der Waals surface area contributed by atoms with Gasteiger partial charge >= 0.3 is 0 Å². The van der Waals surface area contributed by atoms with Gasteiger partial charge in [0.2, 0.25) is 5.91 Å². The first-order valence-electron chi connectivity index (χ1n) is 4.14. The Labute approximate surface area is 75.4 Å². The number of rotatable bonds is 2. The molecule has 0 fully saturated rings. The van der Waals surface area contributed by atoms with Crippen LogP contribution in [0.25, 0.3) is 0 Å². The lowest BCUT2D eigenvalue weighted by atomic mass is 10.2. The van der Waals surface area contributed by atoms with Crippen LogP contribution in [0.3, 0.4) is 0 Å². The van der Waals surface area contributed by atoms with Crippen LogP contribution in [0.15, 0.2) is 6.20 Å². The third-order valence-corrected chi connectivity index (χ3v) is 1.89. The molecule has 0 aliphatic carbocycles. The molecule has 1 aliphatic heterocycles. The Kier molecular flexibility index (Phi) is 1.94. The number of amides is 1. The first-order chi connectivity index (χ1) is 6.29. The Morgan fingerprint density at radius 1 is 1.62 bits per heavy atom. The number of aromatic nitrogens is 2. The number of fused-ring (bicyclic) bond motifs is 1. The summed E-state index contributed by atoms with van der Waals surface area (Å²) < 4.78 is 0. The zero-order valence-corrected chi connectivity index (χ0v) is 7.08. The van der Waals surface area contributed by atoms with Crippen LogP contribution in [0, 0.1) is 0 Å². The molecule has 3 N–H and O–H groups in total. The van der Waals surface area contributed by atoms with E-state index < -0.39 is 0 Å². The molecule has 1 aromatic heterocycles. The number of nitrogens with one attached hydrogen (secondary N) is 1. The summed E-state index contributed by atoms with van der Waals surface area (Å²) in [5.74, 6) is 1.31. The Hall–Kier alpha value is -1.49. The van der Waals surface area contributed by atoms with Crippen LogP contribution in [0.1, 0.15) is 11.4 Å². The van der Waals surface area contributed by atoms with Crippen molar-refractivity contribution in [1.29, 1.82) is 0 Å². The average Bonchev–Trinajstić information content (AvgIpc) is 2.44. The molecular formula is C8H10N4O. The highest BCUT2D eigenvalue weighted by atomic mass is 16.1. The van der Waals surface area contributed by atoms with Gasteiger partial charge in [0.25, 0.3) is 0 Å². The Bertz CT molecular complexity index is 350. The van der Waals surface area contributed by atoms with E-state index in [1.807, 2.05) is 0 Å². The molecule has 0 saturated carbocycles. The normalized spacial score (nSPS) is 14.1. The Morgan fingerprint density at radius 2 is 2.46 bits per heavy atom. The van der Waals surface area contributed by atoms with E-state index in [1.54, 1.807) is 6.20 Å². The van der Waals surface area contributed by atoms with Crippen molar-refractivity contribution in [1.82, 2.24) is 9.97 Å². The molecular weight excluding hydrogens is 168 g/mol. The van der Waals surface area contributed by atoms with Gasteiger partial charge in [-0.25, -0.2) is 9.97 Å². The number of nitrogens with zero attached hydrogens (tertiary/aromatic N) is 2. The van der Waals surface area contributed by atoms with Crippen LogP contribution >= 0.6 is 0 Å². The van der Waals surface area contributed by atoms with E-state index in [2.05, 4.69) is 15.3 Å². The van der Waals surface area contributed by atoms with Gasteiger partial charge in [-0.1, -0.05) is 0 Å². The van der Waals surface area contributed by atoms with Crippen molar-refractivity contribution in [3.63, 3.8) is 0 Å². The molecule has 13 heavy (non-hydrogen) atoms. The molecule has 68 valence electrons. The van der Waals surface area contributed by atoms with E-state index in [1.165, 1.54) is 0 Å². The van der Waals surface area contributed by atoms with Crippen LogP contribution in [0.2, 0.25) is 0 Å². The van der Waals surface area contributed by atoms with Gasteiger partial charge in [0.15, 0.2) is 0 Å². The first-order valence-corrected chi connectivity index (χ1v) is 4.14. The molecule has 0 radical (unpaired) electrons. The summed E-state index contributed by atoms with van der Waals surface area (Å²) in [7, 11) is 0. The molecule has 1 aromatic rings. The predicted octanol–water partition coefficient (Wildman–Crippen LogP) is -0.528. The van der Waals surface area contributed by atoms with E-state index in [9.17, 15) is 4.79 Å². The summed E-state index contributed by atoms with van der Waals surface area (Å²) in [6.07, 6.45) is 2.71. The van der Waals surface area contributed by atoms with E-state index in [-0.39, 0.29) is 5.91 Å². The maximum atomic E-state index is 11.0. The number of carbonyl (C=O) groups is 1. The zero-order valence-electron chi connectivity index (χ0n) is 7.08. The number of anilines is 1. The van der Waals surface area contributed by atoms with E-state index in [0.717, 1.165) is 5.56 Å². The highest BCUT2D eigenvalue weighted by Gasteiger charge is 2.19. The van der Waals surface area contributed by atoms with Crippen molar-refractivity contribution in [2.24, 2.45) is 5.73 Å². The van der Waals surface area contributed by atoms with Gasteiger partial charge in [0, 0.05) is 18.2 Å². The summed E-state index contributed by atoms with van der Waals surface area (Å²) in [5, 5.41) is 2.67. The van der Waals surface area contributed by atoms with Gasteiger partial charge in [-0.2, -0.15) is 0 Å². The monoisotopic (exact) mass is 178 g/mol. The molecule has 0 bridgehead atoms. The minimum absolute atomic E-state index is 0.0193. The zero-order chi connectivity index (χ0) is 9.26. The summed E-state index contributed by atoms with van der Waals surface area (Å²) in [6, 6.07) is 0. The minimum atomic E-state index is -0.0193. The Morgan fingerprint density at radius 3 is 3.23 bits per heavy atom. The number of hydrogen-bond acceptors (Lipinski definition) is 4. The van der Waals surface area contributed by atoms with Crippen LogP contribution in [-0.4, -0.2) is 22.4 Å². The second-order valence-corrected chi connectivity index (χ2v) is 2.92. The number of hydrogen-bond donors (Lipinski definition) is 2. The molecule has 5 heteroatoms. The molecule has 0 aromatic carbocycles. The molecule has 2 heterocycles. The SMILES string of the molecule is NCCc1ncc2c(n1)NC(=O)C2. The highest BCUT2D eigenvalue weighted by Crippen LogP contribution is 2.18. The van der Waals surface area contributed by atoms with Crippen molar-refractivity contribution >= 4 is 11.7 Å². The summed E-state index contributed by atoms with van der Waals surface area (Å²) >= 11 is 0. The highest BCUT2D eigenvalue weighted by molar-refractivity contribution is 5.97. The molecule has 5 nitrogen and oxygen atoms in total. The van der Waals surface area contributed by atoms with Crippen molar-refractivity contribution in [2.75, 3.05) is 11.9 Å². The van der Waals surface area contributed by atoms with Crippen LogP contribution in [-0.2, 0) is 17.6 Å². The predicted molar refractivity (Wildman–Crippen MR) is 47.1 cm³/mol. The standard InChI is InChI=1S/C8H10N4O/c9-2-1-6-10-4-5-3-7(13)12-8(5)11-6/h4H,1-3,9H2,(H,10,11,12,13). The maximum absolute atomic E-state index is 11.0. The van der Waals surface area contributed by atoms with Gasteiger partial charge in [-0.15, -0.1) is 0 Å². The van der Waals surface area contributed by atoms with Crippen molar-refractivity contribution in [2.45, 2.75) is 12.8 Å². The lowest BCUT2D eigenvalue weighted by Crippen LogP contribution is -2.08. The molecule has 1 aliphatic rings. The molecule has 2 rings (SSSR count). The van der Waals surface area contributed by atoms with Crippen molar-refractivity contribution in [3.8, 4) is 0 Å². The van der Waals surface area contributed by atoms with Gasteiger partial charge in [-0.05, 0) is 6.54 Å². The topological polar surface area (TPSA) is 80.9 Å². The lowest BCUT2D eigenvalue weighted by Gasteiger charge is -1.99. The largest absolute Gasteiger partial charge is 0.330 e. The minimum Gasteiger partial charge on any atom is -0.330 e. The molecule has 0 saturated heterocycles. The van der Waals surface area contributed by atoms with Gasteiger partial charge in [0.1, 0.15) is 11.6 Å². The van der Waals surface area contributed by atoms with Crippen LogP contribution in [0.5, 0.6) is 0 Å². The van der Waals surface area contributed by atoms with Crippen LogP contribution < -0.4 is 11.1 Å². The second kappa shape index (κ2) is 3.10. The molecule has 0 spiro atoms. The Balaban J connectivity index is 2.29. The van der Waals surface area contributed by atoms with Crippen molar-refractivity contribution < 1.29 is 4.79 Å². The van der Waals surface area contributed by atoms with Crippen molar-refractivity contribution in [3.05, 3.63) is 17.6 Å². The quantitative estimate of drug-likeness (QED) is 0.638. The lowest BCUT2D eigenvalue weighted by molar-refractivity contribution is -0.115. The molecule has 0 atom stereocenters. The van der Waals surface area contributed by atoms with E-state index in [4.69, 9.17) is 5.73 Å². The second-order valence-electron chi connectivity index (χ2n) is 2.92. The summed E-state index contributed by atoms with van der Waals surface area (Å²) in [4.78, 5) is 19.2. The van der Waals surface area contributed by atoms with Gasteiger partial charge in [-0.3, -0.25) is 4.79 Å². The van der Waals surface area contributed by atoms with E-state index in [0.29, 0.717) is 31.0 Å². The number of nitrogens with two attached hydrogens (primary N) is 1. The van der Waals surface area contributed by atoms with Gasteiger partial charge in [0.05, 0.1) is 6.42 Å². The molecule has 0 unspecified atom stereocenters. The smallest absolute Gasteiger partial charge is 0.230 e. The summed E-state index contributed by atoms with van der Waals surface area (Å²) in [5.41, 5.74) is 6.23. The summed E-state index contributed by atoms with van der Waals surface area (Å²) in [6.45, 7) is 0.521. The molecule has 1 amide bonds. The fourth-order valence-electron chi connectivity index (χ4n) is 1.28. The van der Waals surface area contributed by atoms with Gasteiger partial charge < -0.3 is 11.1 Å². The average molecular weight is 178 g/mol. The third kappa shape index (κ3) is 1.50.